The van der Waals surface area contributed by atoms with E-state index in [4.69, 9.17) is 0 Å². The van der Waals surface area contributed by atoms with Crippen LogP contribution in [-0.4, -0.2) is 52.3 Å². The minimum absolute atomic E-state index is 0.0119. The van der Waals surface area contributed by atoms with E-state index in [-0.39, 0.29) is 11.8 Å². The summed E-state index contributed by atoms with van der Waals surface area (Å²) in [7, 11) is 0. The van der Waals surface area contributed by atoms with Crippen LogP contribution in [0, 0.1) is 5.92 Å². The molecule has 1 aliphatic carbocycles. The second kappa shape index (κ2) is 9.73. The Kier molecular flexibility index (Phi) is 6.60. The van der Waals surface area contributed by atoms with Gasteiger partial charge >= 0.3 is 0 Å². The summed E-state index contributed by atoms with van der Waals surface area (Å²) in [5.74, 6) is 0.395. The number of benzene rings is 1. The van der Waals surface area contributed by atoms with Crippen molar-refractivity contribution in [3.8, 4) is 11.1 Å². The van der Waals surface area contributed by atoms with E-state index < -0.39 is 6.04 Å². The van der Waals surface area contributed by atoms with Crippen molar-refractivity contribution in [2.75, 3.05) is 19.6 Å². The van der Waals surface area contributed by atoms with Crippen molar-refractivity contribution in [1.82, 2.24) is 14.8 Å². The number of hydrogen-bond acceptors (Lipinski definition) is 3. The molecule has 2 atom stereocenters. The van der Waals surface area contributed by atoms with E-state index in [1.165, 1.54) is 0 Å². The summed E-state index contributed by atoms with van der Waals surface area (Å²) in [5, 5.41) is 0. The first-order chi connectivity index (χ1) is 15.2. The molecule has 4 rings (SSSR count). The molecule has 1 aromatic carbocycles. The highest BCUT2D eigenvalue weighted by Gasteiger charge is 2.37. The zero-order chi connectivity index (χ0) is 21.6. The highest BCUT2D eigenvalue weighted by atomic mass is 16.2. The van der Waals surface area contributed by atoms with Gasteiger partial charge in [-0.15, -0.1) is 6.58 Å². The monoisotopic (exact) mass is 415 g/mol. The largest absolute Gasteiger partial charge is 0.335 e. The predicted octanol–water partition coefficient (Wildman–Crippen LogP) is 3.87. The first-order valence-corrected chi connectivity index (χ1v) is 11.0. The molecule has 0 N–H and O–H groups in total. The molecule has 0 spiro atoms. The van der Waals surface area contributed by atoms with Crippen molar-refractivity contribution in [3.63, 3.8) is 0 Å². The third-order valence-electron chi connectivity index (χ3n) is 6.18. The lowest BCUT2D eigenvalue weighted by atomic mass is 9.97. The Morgan fingerprint density at radius 2 is 2.00 bits per heavy atom. The third-order valence-corrected chi connectivity index (χ3v) is 6.18. The highest BCUT2D eigenvalue weighted by molar-refractivity contribution is 5.89. The maximum atomic E-state index is 13.2. The van der Waals surface area contributed by atoms with Crippen LogP contribution in [0.5, 0.6) is 0 Å². The number of pyridine rings is 1. The van der Waals surface area contributed by atoms with Crippen LogP contribution in [0.25, 0.3) is 11.1 Å². The van der Waals surface area contributed by atoms with Crippen molar-refractivity contribution in [1.29, 1.82) is 0 Å². The smallest absolute Gasteiger partial charge is 0.246 e. The Morgan fingerprint density at radius 1 is 1.16 bits per heavy atom. The van der Waals surface area contributed by atoms with Crippen molar-refractivity contribution in [2.24, 2.45) is 5.92 Å². The van der Waals surface area contributed by atoms with E-state index in [0.717, 1.165) is 29.5 Å². The molecule has 1 fully saturated rings. The molecule has 1 aliphatic heterocycles. The summed E-state index contributed by atoms with van der Waals surface area (Å²) in [6.45, 7) is 5.43. The number of hydrogen-bond donors (Lipinski definition) is 0. The fraction of sp³-hybridized carbons (Fsp3) is 0.346. The van der Waals surface area contributed by atoms with E-state index in [1.807, 2.05) is 35.4 Å². The first-order valence-electron chi connectivity index (χ1n) is 11.0. The standard InChI is InChI=1S/C26H29N3O2/c1-2-14-28-15-16-29(25(30)18-20-6-3-4-7-20)24(26(28)31)17-21-9-11-22(12-10-21)23-8-5-13-27-19-23/h2-3,5-6,8-13,19-20,24H,1,4,7,14-18H2/t20-,24+/m0/s1. The van der Waals surface area contributed by atoms with Gasteiger partial charge in [0.2, 0.25) is 11.8 Å². The van der Waals surface area contributed by atoms with Gasteiger partial charge < -0.3 is 9.80 Å². The predicted molar refractivity (Wildman–Crippen MR) is 122 cm³/mol. The lowest BCUT2D eigenvalue weighted by molar-refractivity contribution is -0.151. The molecule has 2 aliphatic rings. The molecule has 2 aromatic rings. The van der Waals surface area contributed by atoms with Crippen LogP contribution in [0.3, 0.4) is 0 Å². The Balaban J connectivity index is 1.51. The SMILES string of the molecule is C=CCN1CCN(C(=O)C[C@H]2C=CCC2)[C@H](Cc2ccc(-c3cccnc3)cc2)C1=O. The normalized spacial score (nSPS) is 20.8. The van der Waals surface area contributed by atoms with E-state index in [1.54, 1.807) is 17.2 Å². The lowest BCUT2D eigenvalue weighted by Gasteiger charge is -2.41. The maximum Gasteiger partial charge on any atom is 0.246 e. The Morgan fingerprint density at radius 3 is 2.68 bits per heavy atom. The number of aromatic nitrogens is 1. The van der Waals surface area contributed by atoms with Gasteiger partial charge in [-0.05, 0) is 41.5 Å². The molecular formula is C26H29N3O2. The molecule has 5 nitrogen and oxygen atoms in total. The van der Waals surface area contributed by atoms with Gasteiger partial charge in [0, 0.05) is 44.9 Å². The van der Waals surface area contributed by atoms with Crippen LogP contribution >= 0.6 is 0 Å². The first kappa shape index (κ1) is 21.0. The van der Waals surface area contributed by atoms with Crippen LogP contribution < -0.4 is 0 Å². The second-order valence-corrected chi connectivity index (χ2v) is 8.29. The highest BCUT2D eigenvalue weighted by Crippen LogP contribution is 2.25. The van der Waals surface area contributed by atoms with E-state index >= 15 is 0 Å². The summed E-state index contributed by atoms with van der Waals surface area (Å²) in [5.41, 5.74) is 3.19. The van der Waals surface area contributed by atoms with Crippen molar-refractivity contribution in [2.45, 2.75) is 31.7 Å². The zero-order valence-corrected chi connectivity index (χ0v) is 17.8. The number of carbonyl (C=O) groups excluding carboxylic acids is 2. The number of carbonyl (C=O) groups is 2. The van der Waals surface area contributed by atoms with E-state index in [9.17, 15) is 9.59 Å². The maximum absolute atomic E-state index is 13.2. The van der Waals surface area contributed by atoms with Crippen LogP contribution in [0.15, 0.2) is 73.6 Å². The molecule has 0 saturated carbocycles. The van der Waals surface area contributed by atoms with Gasteiger partial charge in [0.1, 0.15) is 6.04 Å². The second-order valence-electron chi connectivity index (χ2n) is 8.29. The molecule has 0 radical (unpaired) electrons. The number of piperazine rings is 1. The van der Waals surface area contributed by atoms with Crippen LogP contribution in [0.4, 0.5) is 0 Å². The summed E-state index contributed by atoms with van der Waals surface area (Å²) in [6.07, 6.45) is 12.7. The van der Waals surface area contributed by atoms with Gasteiger partial charge in [0.05, 0.1) is 0 Å². The quantitative estimate of drug-likeness (QED) is 0.645. The number of nitrogens with zero attached hydrogens (tertiary/aromatic N) is 3. The van der Waals surface area contributed by atoms with Crippen molar-refractivity contribution in [3.05, 3.63) is 79.2 Å². The van der Waals surface area contributed by atoms with Gasteiger partial charge in [0.15, 0.2) is 0 Å². The Hall–Kier alpha value is -3.21. The fourth-order valence-corrected chi connectivity index (χ4v) is 4.47. The number of allylic oxidation sites excluding steroid dienone is 2. The van der Waals surface area contributed by atoms with Crippen molar-refractivity contribution >= 4 is 11.8 Å². The minimum Gasteiger partial charge on any atom is -0.335 e. The van der Waals surface area contributed by atoms with Gasteiger partial charge in [0.25, 0.3) is 0 Å². The molecule has 2 amide bonds. The molecule has 160 valence electrons. The summed E-state index contributed by atoms with van der Waals surface area (Å²) >= 11 is 0. The lowest BCUT2D eigenvalue weighted by Crippen LogP contribution is -2.59. The molecular weight excluding hydrogens is 386 g/mol. The minimum atomic E-state index is -0.462. The molecule has 31 heavy (non-hydrogen) atoms. The van der Waals surface area contributed by atoms with Crippen molar-refractivity contribution < 1.29 is 9.59 Å². The average Bonchev–Trinajstić information content (AvgIpc) is 3.31. The van der Waals surface area contributed by atoms with Gasteiger partial charge in [-0.3, -0.25) is 14.6 Å². The Bertz CT molecular complexity index is 952. The third kappa shape index (κ3) is 4.93. The number of amides is 2. The number of rotatable bonds is 7. The topological polar surface area (TPSA) is 53.5 Å². The van der Waals surface area contributed by atoms with Crippen LogP contribution in [0.1, 0.15) is 24.8 Å². The average molecular weight is 416 g/mol. The molecule has 5 heteroatoms. The zero-order valence-electron chi connectivity index (χ0n) is 17.8. The van der Waals surface area contributed by atoms with Crippen LogP contribution in [-0.2, 0) is 16.0 Å². The molecule has 0 bridgehead atoms. The molecule has 0 unspecified atom stereocenters. The van der Waals surface area contributed by atoms with Gasteiger partial charge in [-0.25, -0.2) is 0 Å². The molecule has 2 heterocycles. The van der Waals surface area contributed by atoms with E-state index in [2.05, 4.69) is 35.8 Å². The molecule has 1 saturated heterocycles. The summed E-state index contributed by atoms with van der Waals surface area (Å²) < 4.78 is 0. The summed E-state index contributed by atoms with van der Waals surface area (Å²) in [6, 6.07) is 11.7. The molecule has 1 aromatic heterocycles. The fourth-order valence-electron chi connectivity index (χ4n) is 4.47. The van der Waals surface area contributed by atoms with Crippen LogP contribution in [0.2, 0.25) is 0 Å². The van der Waals surface area contributed by atoms with Gasteiger partial charge in [-0.2, -0.15) is 0 Å². The van der Waals surface area contributed by atoms with E-state index in [0.29, 0.717) is 38.4 Å². The van der Waals surface area contributed by atoms with Gasteiger partial charge in [-0.1, -0.05) is 48.6 Å². The summed E-state index contributed by atoms with van der Waals surface area (Å²) in [4.78, 5) is 34.1. The Labute approximate surface area is 184 Å².